The van der Waals surface area contributed by atoms with E-state index >= 15 is 0 Å². The third-order valence-corrected chi connectivity index (χ3v) is 1.43. The van der Waals surface area contributed by atoms with Crippen LogP contribution < -0.4 is 0 Å². The van der Waals surface area contributed by atoms with E-state index in [9.17, 15) is 0 Å². The molecule has 6 heteroatoms. The fourth-order valence-corrected chi connectivity index (χ4v) is 0.926. The van der Waals surface area contributed by atoms with Crippen molar-refractivity contribution in [3.05, 3.63) is 23.8 Å². The Morgan fingerprint density at radius 2 is 1.00 bits per heavy atom. The van der Waals surface area contributed by atoms with Gasteiger partial charge >= 0.3 is 0 Å². The molecule has 18 heavy (non-hydrogen) atoms. The van der Waals surface area contributed by atoms with Gasteiger partial charge in [-0.25, -0.2) is 0 Å². The Morgan fingerprint density at radius 3 is 1.06 bits per heavy atom. The molecule has 2 heterocycles. The first kappa shape index (κ1) is 18.6. The van der Waals surface area contributed by atoms with E-state index in [1.807, 2.05) is 68.0 Å². The quantitative estimate of drug-likeness (QED) is 0.723. The highest BCUT2D eigenvalue weighted by molar-refractivity contribution is 4.85. The van der Waals surface area contributed by atoms with Crippen LogP contribution in [0, 0.1) is 13.8 Å². The molecule has 0 spiro atoms. The molecule has 0 radical (unpaired) electrons. The lowest BCUT2D eigenvalue weighted by molar-refractivity contribution is 0.714. The van der Waals surface area contributed by atoms with Gasteiger partial charge in [0.05, 0.1) is 11.4 Å². The van der Waals surface area contributed by atoms with E-state index in [2.05, 4.69) is 20.6 Å². The zero-order valence-electron chi connectivity index (χ0n) is 12.8. The molecule has 0 fully saturated rings. The van der Waals surface area contributed by atoms with Gasteiger partial charge in [-0.2, -0.15) is 0 Å². The Bertz CT molecular complexity index is 319. The van der Waals surface area contributed by atoms with Gasteiger partial charge in [0.25, 0.3) is 0 Å². The van der Waals surface area contributed by atoms with E-state index < -0.39 is 0 Å². The SMILES string of the molecule is CC.CC.Cc1cn(C)nn1.Cc1cn(C)nn1. The van der Waals surface area contributed by atoms with Crippen LogP contribution >= 0.6 is 0 Å². The van der Waals surface area contributed by atoms with Gasteiger partial charge in [0, 0.05) is 26.5 Å². The topological polar surface area (TPSA) is 61.4 Å². The van der Waals surface area contributed by atoms with E-state index in [0.717, 1.165) is 11.4 Å². The molecular formula is C12H26N6. The van der Waals surface area contributed by atoms with Crippen LogP contribution in [0.25, 0.3) is 0 Å². The number of hydrogen-bond acceptors (Lipinski definition) is 4. The smallest absolute Gasteiger partial charge is 0.0796 e. The molecule has 0 bridgehead atoms. The van der Waals surface area contributed by atoms with E-state index in [0.29, 0.717) is 0 Å². The van der Waals surface area contributed by atoms with Gasteiger partial charge in [-0.3, -0.25) is 9.36 Å². The zero-order valence-corrected chi connectivity index (χ0v) is 12.8. The Morgan fingerprint density at radius 1 is 0.722 bits per heavy atom. The molecule has 0 atom stereocenters. The minimum atomic E-state index is 0.961. The highest BCUT2D eigenvalue weighted by atomic mass is 15.4. The summed E-state index contributed by atoms with van der Waals surface area (Å²) in [6, 6.07) is 0. The minimum Gasteiger partial charge on any atom is -0.255 e. The first-order valence-electron chi connectivity index (χ1n) is 6.24. The molecule has 0 amide bonds. The summed E-state index contributed by atoms with van der Waals surface area (Å²) in [5.74, 6) is 0. The van der Waals surface area contributed by atoms with Crippen molar-refractivity contribution in [2.24, 2.45) is 14.1 Å². The van der Waals surface area contributed by atoms with Gasteiger partial charge in [0.1, 0.15) is 0 Å². The van der Waals surface area contributed by atoms with Crippen LogP contribution in [0.15, 0.2) is 12.4 Å². The summed E-state index contributed by atoms with van der Waals surface area (Å²) in [7, 11) is 3.69. The van der Waals surface area contributed by atoms with Gasteiger partial charge in [0.15, 0.2) is 0 Å². The predicted molar refractivity (Wildman–Crippen MR) is 74.2 cm³/mol. The van der Waals surface area contributed by atoms with E-state index in [1.165, 1.54) is 0 Å². The molecule has 0 saturated heterocycles. The van der Waals surface area contributed by atoms with Gasteiger partial charge < -0.3 is 0 Å². The summed E-state index contributed by atoms with van der Waals surface area (Å²) in [5.41, 5.74) is 1.92. The average molecular weight is 254 g/mol. The maximum Gasteiger partial charge on any atom is 0.0796 e. The first-order chi connectivity index (χ1) is 8.58. The summed E-state index contributed by atoms with van der Waals surface area (Å²) in [4.78, 5) is 0. The number of aromatic nitrogens is 6. The molecule has 6 nitrogen and oxygen atoms in total. The fraction of sp³-hybridized carbons (Fsp3) is 0.667. The molecule has 2 aromatic heterocycles. The molecule has 0 aliphatic rings. The molecule has 0 aromatic carbocycles. The lowest BCUT2D eigenvalue weighted by atomic mass is 10.6. The molecular weight excluding hydrogens is 228 g/mol. The third-order valence-electron chi connectivity index (χ3n) is 1.43. The van der Waals surface area contributed by atoms with Crippen molar-refractivity contribution in [2.45, 2.75) is 41.5 Å². The van der Waals surface area contributed by atoms with Crippen molar-refractivity contribution >= 4 is 0 Å². The minimum absolute atomic E-state index is 0.961. The standard InChI is InChI=1S/2C4H7N3.2C2H6/c2*1-4-3-7(2)6-5-4;2*1-2/h2*3H,1-2H3;2*1-2H3. The Balaban J connectivity index is 0. The summed E-state index contributed by atoms with van der Waals surface area (Å²) < 4.78 is 3.35. The second-order valence-corrected chi connectivity index (χ2v) is 3.07. The molecule has 0 aliphatic carbocycles. The van der Waals surface area contributed by atoms with Gasteiger partial charge in [-0.05, 0) is 13.8 Å². The molecule has 0 saturated carbocycles. The summed E-state index contributed by atoms with van der Waals surface area (Å²) >= 11 is 0. The van der Waals surface area contributed by atoms with Crippen LogP contribution in [-0.4, -0.2) is 30.0 Å². The first-order valence-corrected chi connectivity index (χ1v) is 6.24. The highest BCUT2D eigenvalue weighted by Crippen LogP contribution is 1.83. The van der Waals surface area contributed by atoms with Crippen molar-refractivity contribution in [1.82, 2.24) is 30.0 Å². The van der Waals surface area contributed by atoms with Crippen LogP contribution in [0.2, 0.25) is 0 Å². The summed E-state index contributed by atoms with van der Waals surface area (Å²) in [5, 5.41) is 14.8. The molecule has 0 N–H and O–H groups in total. The molecule has 2 rings (SSSR count). The Hall–Kier alpha value is -1.72. The van der Waals surface area contributed by atoms with E-state index in [-0.39, 0.29) is 0 Å². The summed E-state index contributed by atoms with van der Waals surface area (Å²) in [6.45, 7) is 11.8. The molecule has 0 aliphatic heterocycles. The van der Waals surface area contributed by atoms with Crippen LogP contribution in [-0.2, 0) is 14.1 Å². The van der Waals surface area contributed by atoms with Gasteiger partial charge in [-0.1, -0.05) is 38.1 Å². The molecule has 2 aromatic rings. The van der Waals surface area contributed by atoms with Crippen LogP contribution in [0.1, 0.15) is 39.1 Å². The van der Waals surface area contributed by atoms with Crippen molar-refractivity contribution in [1.29, 1.82) is 0 Å². The molecule has 0 unspecified atom stereocenters. The maximum absolute atomic E-state index is 3.73. The average Bonchev–Trinajstić information content (AvgIpc) is 2.93. The highest BCUT2D eigenvalue weighted by Gasteiger charge is 1.84. The van der Waals surface area contributed by atoms with Crippen LogP contribution in [0.5, 0.6) is 0 Å². The van der Waals surface area contributed by atoms with Crippen LogP contribution in [0.4, 0.5) is 0 Å². The monoisotopic (exact) mass is 254 g/mol. The second-order valence-electron chi connectivity index (χ2n) is 3.07. The lowest BCUT2D eigenvalue weighted by Crippen LogP contribution is -1.85. The van der Waals surface area contributed by atoms with E-state index in [1.54, 1.807) is 9.36 Å². The largest absolute Gasteiger partial charge is 0.255 e. The third kappa shape index (κ3) is 9.50. The Labute approximate surface area is 110 Å². The van der Waals surface area contributed by atoms with Crippen molar-refractivity contribution in [2.75, 3.05) is 0 Å². The van der Waals surface area contributed by atoms with E-state index in [4.69, 9.17) is 0 Å². The fourth-order valence-electron chi connectivity index (χ4n) is 0.926. The van der Waals surface area contributed by atoms with Gasteiger partial charge in [-0.15, -0.1) is 10.2 Å². The van der Waals surface area contributed by atoms with Crippen molar-refractivity contribution in [3.8, 4) is 0 Å². The van der Waals surface area contributed by atoms with Crippen LogP contribution in [0.3, 0.4) is 0 Å². The summed E-state index contributed by atoms with van der Waals surface area (Å²) in [6.07, 6.45) is 3.72. The number of nitrogens with zero attached hydrogens (tertiary/aromatic N) is 6. The number of rotatable bonds is 0. The van der Waals surface area contributed by atoms with Gasteiger partial charge in [0.2, 0.25) is 0 Å². The molecule has 104 valence electrons. The van der Waals surface area contributed by atoms with Crippen molar-refractivity contribution in [3.63, 3.8) is 0 Å². The maximum atomic E-state index is 3.73. The predicted octanol–water partition coefficient (Wildman–Crippen LogP) is 2.30. The lowest BCUT2D eigenvalue weighted by Gasteiger charge is -1.75. The second kappa shape index (κ2) is 11.8. The zero-order chi connectivity index (χ0) is 14.6. The normalized spacial score (nSPS) is 8.00. The Kier molecular flexibility index (Phi) is 12.2. The van der Waals surface area contributed by atoms with Crippen molar-refractivity contribution < 1.29 is 0 Å². The number of aryl methyl sites for hydroxylation is 4. The number of hydrogen-bond donors (Lipinski definition) is 0.